The van der Waals surface area contributed by atoms with Crippen LogP contribution >= 0.6 is 0 Å². The van der Waals surface area contributed by atoms with Gasteiger partial charge < -0.3 is 9.80 Å². The van der Waals surface area contributed by atoms with Crippen LogP contribution in [0.15, 0.2) is 255 Å². The lowest BCUT2D eigenvalue weighted by Gasteiger charge is -2.36. The normalized spacial score (nSPS) is 13.8. The van der Waals surface area contributed by atoms with Crippen LogP contribution in [0.1, 0.15) is 102 Å². The van der Waals surface area contributed by atoms with Gasteiger partial charge in [0.25, 0.3) is 0 Å². The van der Waals surface area contributed by atoms with E-state index in [4.69, 9.17) is 0 Å². The van der Waals surface area contributed by atoms with Crippen LogP contribution in [-0.4, -0.2) is 0 Å². The van der Waals surface area contributed by atoms with Crippen LogP contribution in [0.5, 0.6) is 0 Å². The third-order valence-electron chi connectivity index (χ3n) is 19.2. The zero-order chi connectivity index (χ0) is 58.1. The summed E-state index contributed by atoms with van der Waals surface area (Å²) in [4.78, 5) is 4.89. The van der Waals surface area contributed by atoms with E-state index in [0.29, 0.717) is 5.92 Å². The molecule has 2 aliphatic carbocycles. The van der Waals surface area contributed by atoms with E-state index in [9.17, 15) is 0 Å². The summed E-state index contributed by atoms with van der Waals surface area (Å²) in [6.45, 7) is 21.1. The van der Waals surface area contributed by atoms with E-state index in [1.54, 1.807) is 0 Å². The molecule has 13 aromatic carbocycles. The molecule has 0 saturated carbocycles. The lowest BCUT2D eigenvalue weighted by atomic mass is 9.67. The third kappa shape index (κ3) is 8.20. The molecule has 0 spiro atoms. The van der Waals surface area contributed by atoms with Crippen LogP contribution in [0.3, 0.4) is 0 Å². The maximum Gasteiger partial charge on any atom is 0.0468 e. The van der Waals surface area contributed by atoms with Gasteiger partial charge in [0, 0.05) is 45.0 Å². The van der Waals surface area contributed by atoms with Gasteiger partial charge in [-0.2, -0.15) is 0 Å². The van der Waals surface area contributed by atoms with Crippen molar-refractivity contribution in [1.29, 1.82) is 0 Å². The molecule has 0 N–H and O–H groups in total. The molecule has 0 aliphatic heterocycles. The van der Waals surface area contributed by atoms with Crippen LogP contribution in [-0.2, 0) is 16.2 Å². The summed E-state index contributed by atoms with van der Waals surface area (Å²) in [5, 5.41) is 10.00. The van der Waals surface area contributed by atoms with E-state index < -0.39 is 0 Å². The molecule has 2 aliphatic rings. The molecule has 13 aromatic rings. The molecule has 0 fully saturated rings. The van der Waals surface area contributed by atoms with Crippen molar-refractivity contribution >= 4 is 77.2 Å². The molecule has 0 atom stereocenters. The summed E-state index contributed by atoms with van der Waals surface area (Å²) in [7, 11) is 0. The van der Waals surface area contributed by atoms with Crippen molar-refractivity contribution in [2.45, 2.75) is 84.5 Å². The topological polar surface area (TPSA) is 6.48 Å². The smallest absolute Gasteiger partial charge is 0.0468 e. The Balaban J connectivity index is 1.10. The standard InChI is InChI=1S/C83H70N2/c1-52(2)53-34-38-57(39-35-53)85(58-40-36-54(37-41-58)81(3,4)5)60-43-45-70-72(51-60)78(68-49-47-66-62-27-17-19-31-74(62)83(8,9)76-33-21-29-64(68)80(66)76)69-44-42-59(84(55-22-12-10-13-23-55)56-24-14-11-15-25-56)50-71(69)77(70)67-48-46-65-61-26-16-18-30-73(61)82(6,7)75-32-20-28-63(67)79(65)75/h10-52H,1-9H3. The highest BCUT2D eigenvalue weighted by Crippen LogP contribution is 2.56. The Morgan fingerprint density at radius 2 is 0.659 bits per heavy atom. The van der Waals surface area contributed by atoms with Gasteiger partial charge in [0.2, 0.25) is 0 Å². The van der Waals surface area contributed by atoms with Crippen LogP contribution in [0, 0.1) is 0 Å². The second-order valence-electron chi connectivity index (χ2n) is 26.2. The van der Waals surface area contributed by atoms with Gasteiger partial charge in [-0.3, -0.25) is 0 Å². The molecule has 412 valence electrons. The second kappa shape index (κ2) is 19.5. The molecule has 0 radical (unpaired) electrons. The van der Waals surface area contributed by atoms with E-state index in [-0.39, 0.29) is 16.2 Å². The van der Waals surface area contributed by atoms with E-state index in [1.165, 1.54) is 121 Å². The highest BCUT2D eigenvalue weighted by molar-refractivity contribution is 6.28. The summed E-state index contributed by atoms with van der Waals surface area (Å²) >= 11 is 0. The van der Waals surface area contributed by atoms with E-state index in [2.05, 4.69) is 327 Å². The summed E-state index contributed by atoms with van der Waals surface area (Å²) in [5.74, 6) is 0.411. The lowest BCUT2D eigenvalue weighted by molar-refractivity contribution is 0.590. The van der Waals surface area contributed by atoms with Crippen molar-refractivity contribution in [2.24, 2.45) is 0 Å². The van der Waals surface area contributed by atoms with Gasteiger partial charge in [0.15, 0.2) is 0 Å². The van der Waals surface area contributed by atoms with Gasteiger partial charge >= 0.3 is 0 Å². The van der Waals surface area contributed by atoms with Crippen molar-refractivity contribution in [1.82, 2.24) is 0 Å². The summed E-state index contributed by atoms with van der Waals surface area (Å²) < 4.78 is 0. The van der Waals surface area contributed by atoms with E-state index >= 15 is 0 Å². The highest BCUT2D eigenvalue weighted by atomic mass is 15.1. The Morgan fingerprint density at radius 3 is 1.08 bits per heavy atom. The number of benzene rings is 13. The molecule has 15 rings (SSSR count). The molecule has 0 amide bonds. The van der Waals surface area contributed by atoms with Crippen molar-refractivity contribution < 1.29 is 0 Å². The molecule has 2 heteroatoms. The fourth-order valence-corrected chi connectivity index (χ4v) is 14.8. The average molecular weight is 1100 g/mol. The van der Waals surface area contributed by atoms with Crippen LogP contribution < -0.4 is 9.80 Å². The molecule has 0 bridgehead atoms. The molecule has 85 heavy (non-hydrogen) atoms. The zero-order valence-electron chi connectivity index (χ0n) is 50.2. The Hall–Kier alpha value is -9.50. The van der Waals surface area contributed by atoms with Gasteiger partial charge in [0.1, 0.15) is 0 Å². The molecule has 0 unspecified atom stereocenters. The van der Waals surface area contributed by atoms with Gasteiger partial charge in [-0.1, -0.05) is 244 Å². The number of hydrogen-bond donors (Lipinski definition) is 0. The molecule has 0 heterocycles. The maximum absolute atomic E-state index is 2.52. The number of rotatable bonds is 9. The fraction of sp³-hybridized carbons (Fsp3) is 0.157. The van der Waals surface area contributed by atoms with Gasteiger partial charge in [-0.05, 0) is 205 Å². The maximum atomic E-state index is 2.52. The van der Waals surface area contributed by atoms with Crippen molar-refractivity contribution in [3.05, 3.63) is 288 Å². The number of anilines is 6. The Kier molecular flexibility index (Phi) is 12.0. The summed E-state index contributed by atoms with van der Waals surface area (Å²) in [6, 6.07) is 97.0. The van der Waals surface area contributed by atoms with Crippen LogP contribution in [0.2, 0.25) is 0 Å². The average Bonchev–Trinajstić information content (AvgIpc) is 0.870. The first-order chi connectivity index (χ1) is 41.2. The Bertz CT molecular complexity index is 4770. The number of hydrogen-bond acceptors (Lipinski definition) is 2. The first kappa shape index (κ1) is 52.3. The van der Waals surface area contributed by atoms with E-state index in [1.807, 2.05) is 0 Å². The third-order valence-corrected chi connectivity index (χ3v) is 19.2. The summed E-state index contributed by atoms with van der Waals surface area (Å²) in [6.07, 6.45) is 0. The van der Waals surface area contributed by atoms with E-state index in [0.717, 1.165) is 34.1 Å². The Morgan fingerprint density at radius 1 is 0.294 bits per heavy atom. The molecule has 2 nitrogen and oxygen atoms in total. The number of fused-ring (bicyclic) bond motifs is 6. The monoisotopic (exact) mass is 1090 g/mol. The minimum Gasteiger partial charge on any atom is -0.310 e. The van der Waals surface area contributed by atoms with Gasteiger partial charge in [0.05, 0.1) is 0 Å². The first-order valence-corrected chi connectivity index (χ1v) is 30.4. The molecular formula is C83H70N2. The summed E-state index contributed by atoms with van der Waals surface area (Å²) in [5.41, 5.74) is 24.4. The van der Waals surface area contributed by atoms with Crippen molar-refractivity contribution in [3.63, 3.8) is 0 Å². The second-order valence-corrected chi connectivity index (χ2v) is 26.2. The van der Waals surface area contributed by atoms with Gasteiger partial charge in [-0.25, -0.2) is 0 Å². The number of nitrogens with zero attached hydrogens (tertiary/aromatic N) is 2. The van der Waals surface area contributed by atoms with Crippen LogP contribution in [0.4, 0.5) is 34.1 Å². The highest BCUT2D eigenvalue weighted by Gasteiger charge is 2.36. The number of para-hydroxylation sites is 2. The van der Waals surface area contributed by atoms with Crippen molar-refractivity contribution in [3.8, 4) is 44.5 Å². The zero-order valence-corrected chi connectivity index (χ0v) is 50.2. The molecule has 0 saturated heterocycles. The van der Waals surface area contributed by atoms with Crippen LogP contribution in [0.25, 0.3) is 87.6 Å². The quantitative estimate of drug-likeness (QED) is 0.133. The minimum absolute atomic E-state index is 0.00746. The fourth-order valence-electron chi connectivity index (χ4n) is 14.8. The predicted octanol–water partition coefficient (Wildman–Crippen LogP) is 23.6. The SMILES string of the molecule is CC(C)c1ccc(N(c2ccc(C(C)(C)C)cc2)c2ccc3c(-c4ccc5c6c(cccc46)C(C)(C)c4ccccc4-5)c4cc(N(c5ccccc5)c5ccccc5)ccc4c(-c4ccc5c6c(cccc46)C(C)(C)c4ccccc4-5)c3c2)cc1. The molecule has 0 aromatic heterocycles. The molecular weight excluding hydrogens is 1020 g/mol. The minimum atomic E-state index is -0.214. The predicted molar refractivity (Wildman–Crippen MR) is 365 cm³/mol. The first-order valence-electron chi connectivity index (χ1n) is 30.4. The van der Waals surface area contributed by atoms with Crippen molar-refractivity contribution in [2.75, 3.05) is 9.80 Å². The lowest BCUT2D eigenvalue weighted by Crippen LogP contribution is -2.23. The van der Waals surface area contributed by atoms with Gasteiger partial charge in [-0.15, -0.1) is 0 Å². The largest absolute Gasteiger partial charge is 0.310 e. The Labute approximate surface area is 501 Å².